The first-order chi connectivity index (χ1) is 14.1. The number of hydrogen-bond acceptors (Lipinski definition) is 4. The molecule has 2 N–H and O–H groups in total. The van der Waals surface area contributed by atoms with E-state index >= 15 is 0 Å². The van der Waals surface area contributed by atoms with E-state index in [-0.39, 0.29) is 5.91 Å². The molecule has 4 rings (SSSR count). The number of nitrogens with one attached hydrogen (secondary N) is 1. The lowest BCUT2D eigenvalue weighted by atomic mass is 10.0. The van der Waals surface area contributed by atoms with Crippen molar-refractivity contribution in [1.29, 1.82) is 0 Å². The molecule has 2 heterocycles. The van der Waals surface area contributed by atoms with Gasteiger partial charge in [0.15, 0.2) is 0 Å². The Kier molecular flexibility index (Phi) is 5.29. The number of rotatable bonds is 3. The molecule has 1 aliphatic heterocycles. The van der Waals surface area contributed by atoms with Crippen molar-refractivity contribution in [3.05, 3.63) is 87.6 Å². The summed E-state index contributed by atoms with van der Waals surface area (Å²) < 4.78 is 0. The zero-order valence-corrected chi connectivity index (χ0v) is 16.7. The molecule has 2 aromatic carbocycles. The lowest BCUT2D eigenvalue weighted by molar-refractivity contribution is 0.0711. The summed E-state index contributed by atoms with van der Waals surface area (Å²) in [5, 5.41) is 8.89. The Hall–Kier alpha value is -3.22. The van der Waals surface area contributed by atoms with Gasteiger partial charge in [-0.3, -0.25) is 14.8 Å². The Labute approximate surface area is 172 Å². The minimum Gasteiger partial charge on any atom is -0.330 e. The van der Waals surface area contributed by atoms with Crippen LogP contribution in [0.15, 0.2) is 66.7 Å². The molecule has 0 saturated carbocycles. The Bertz CT molecular complexity index is 1090. The van der Waals surface area contributed by atoms with Crippen molar-refractivity contribution in [1.82, 2.24) is 10.4 Å². The molecule has 0 saturated heterocycles. The van der Waals surface area contributed by atoms with Crippen molar-refractivity contribution in [2.24, 2.45) is 0 Å². The highest BCUT2D eigenvalue weighted by atomic mass is 32.1. The number of benzene rings is 2. The van der Waals surface area contributed by atoms with E-state index in [1.165, 1.54) is 11.3 Å². The van der Waals surface area contributed by atoms with E-state index in [1.807, 2.05) is 67.6 Å². The molecule has 1 aromatic heterocycles. The third-order valence-corrected chi connectivity index (χ3v) is 6.27. The number of thiophene rings is 1. The predicted molar refractivity (Wildman–Crippen MR) is 114 cm³/mol. The number of hydrogen-bond donors (Lipinski definition) is 2. The molecule has 5 nitrogen and oxygen atoms in total. The quantitative estimate of drug-likeness (QED) is 0.495. The van der Waals surface area contributed by atoms with Gasteiger partial charge in [0, 0.05) is 23.5 Å². The minimum atomic E-state index is -0.533. The van der Waals surface area contributed by atoms with E-state index in [0.717, 1.165) is 27.1 Å². The van der Waals surface area contributed by atoms with Crippen LogP contribution in [-0.2, 0) is 6.54 Å². The average Bonchev–Trinajstić information content (AvgIpc) is 3.22. The fourth-order valence-electron chi connectivity index (χ4n) is 3.51. The highest BCUT2D eigenvalue weighted by molar-refractivity contribution is 7.15. The fourth-order valence-corrected chi connectivity index (χ4v) is 4.64. The lowest BCUT2D eigenvalue weighted by Crippen LogP contribution is -2.34. The first kappa shape index (κ1) is 19.1. The summed E-state index contributed by atoms with van der Waals surface area (Å²) in [5.41, 5.74) is 6.40. The second kappa shape index (κ2) is 8.03. The first-order valence-corrected chi connectivity index (χ1v) is 10.1. The van der Waals surface area contributed by atoms with Gasteiger partial charge in [-0.25, -0.2) is 5.48 Å². The first-order valence-electron chi connectivity index (χ1n) is 9.28. The topological polar surface area (TPSA) is 69.6 Å². The van der Waals surface area contributed by atoms with Gasteiger partial charge in [-0.1, -0.05) is 48.5 Å². The lowest BCUT2D eigenvalue weighted by Gasteiger charge is -2.29. The van der Waals surface area contributed by atoms with Crippen molar-refractivity contribution in [2.45, 2.75) is 13.5 Å². The zero-order valence-electron chi connectivity index (χ0n) is 15.9. The average molecular weight is 404 g/mol. The van der Waals surface area contributed by atoms with E-state index in [4.69, 9.17) is 5.21 Å². The van der Waals surface area contributed by atoms with Gasteiger partial charge in [-0.15, -0.1) is 11.3 Å². The summed E-state index contributed by atoms with van der Waals surface area (Å²) in [7, 11) is 0. The second-order valence-electron chi connectivity index (χ2n) is 6.82. The van der Waals surface area contributed by atoms with Gasteiger partial charge < -0.3 is 4.90 Å². The minimum absolute atomic E-state index is 0.0472. The molecule has 146 valence electrons. The van der Waals surface area contributed by atoms with Crippen molar-refractivity contribution < 1.29 is 14.8 Å². The van der Waals surface area contributed by atoms with Crippen molar-refractivity contribution >= 4 is 28.7 Å². The molecule has 6 heteroatoms. The largest absolute Gasteiger partial charge is 0.330 e. The summed E-state index contributed by atoms with van der Waals surface area (Å²) in [5.74, 6) is -0.580. The third-order valence-electron chi connectivity index (χ3n) is 5.02. The van der Waals surface area contributed by atoms with Crippen LogP contribution < -0.4 is 5.48 Å². The number of nitrogens with zero attached hydrogens (tertiary/aromatic N) is 1. The molecule has 0 bridgehead atoms. The van der Waals surface area contributed by atoms with Crippen LogP contribution in [0.2, 0.25) is 0 Å². The molecule has 1 aliphatic rings. The summed E-state index contributed by atoms with van der Waals surface area (Å²) in [6, 6.07) is 19.4. The van der Waals surface area contributed by atoms with Crippen LogP contribution in [0.3, 0.4) is 0 Å². The number of fused-ring (bicyclic) bond motifs is 1. The van der Waals surface area contributed by atoms with Crippen LogP contribution in [0.1, 0.15) is 37.4 Å². The summed E-state index contributed by atoms with van der Waals surface area (Å²) in [6.45, 7) is 2.85. The highest BCUT2D eigenvalue weighted by Gasteiger charge is 2.27. The highest BCUT2D eigenvalue weighted by Crippen LogP contribution is 2.35. The normalized spacial score (nSPS) is 14.6. The van der Waals surface area contributed by atoms with Gasteiger partial charge in [0.25, 0.3) is 11.8 Å². The fraction of sp³-hybridized carbons (Fsp3) is 0.130. The molecule has 0 atom stereocenters. The van der Waals surface area contributed by atoms with Crippen molar-refractivity contribution in [3.8, 4) is 11.1 Å². The SMILES string of the molecule is C/C=C1/CN(C(=O)c2ccc(-c3ccccc3)cc2)Cc2cc(C(=O)NO)sc21. The van der Waals surface area contributed by atoms with E-state index < -0.39 is 5.91 Å². The van der Waals surface area contributed by atoms with Crippen molar-refractivity contribution in [3.63, 3.8) is 0 Å². The summed E-state index contributed by atoms with van der Waals surface area (Å²) >= 11 is 1.33. The van der Waals surface area contributed by atoms with Gasteiger partial charge in [0.05, 0.1) is 4.88 Å². The summed E-state index contributed by atoms with van der Waals surface area (Å²) in [6.07, 6.45) is 1.97. The number of allylic oxidation sites excluding steroid dienone is 1. The molecule has 2 amide bonds. The van der Waals surface area contributed by atoms with Crippen LogP contribution in [0.4, 0.5) is 0 Å². The molecular formula is C23H20N2O3S. The Balaban J connectivity index is 1.58. The van der Waals surface area contributed by atoms with Crippen LogP contribution in [0.25, 0.3) is 16.7 Å². The monoisotopic (exact) mass is 404 g/mol. The summed E-state index contributed by atoms with van der Waals surface area (Å²) in [4.78, 5) is 28.1. The van der Waals surface area contributed by atoms with Crippen LogP contribution in [0.5, 0.6) is 0 Å². The smallest absolute Gasteiger partial charge is 0.284 e. The Morgan fingerprint density at radius 1 is 1.03 bits per heavy atom. The van der Waals surface area contributed by atoms with E-state index in [2.05, 4.69) is 0 Å². The molecule has 0 spiro atoms. The maximum atomic E-state index is 13.1. The van der Waals surface area contributed by atoms with E-state index in [1.54, 1.807) is 16.4 Å². The second-order valence-corrected chi connectivity index (χ2v) is 7.88. The van der Waals surface area contributed by atoms with Gasteiger partial charge in [-0.2, -0.15) is 0 Å². The van der Waals surface area contributed by atoms with Gasteiger partial charge in [0.1, 0.15) is 0 Å². The van der Waals surface area contributed by atoms with Gasteiger partial charge in [-0.05, 0) is 47.4 Å². The number of amides is 2. The maximum Gasteiger partial charge on any atom is 0.284 e. The van der Waals surface area contributed by atoms with E-state index in [9.17, 15) is 9.59 Å². The molecule has 0 radical (unpaired) electrons. The number of carbonyl (C=O) groups is 2. The van der Waals surface area contributed by atoms with E-state index in [0.29, 0.717) is 23.5 Å². The molecule has 29 heavy (non-hydrogen) atoms. The van der Waals surface area contributed by atoms with Gasteiger partial charge in [0.2, 0.25) is 0 Å². The molecule has 3 aromatic rings. The molecule has 0 unspecified atom stereocenters. The zero-order chi connectivity index (χ0) is 20.4. The van der Waals surface area contributed by atoms with Crippen LogP contribution >= 0.6 is 11.3 Å². The number of hydroxylamine groups is 1. The van der Waals surface area contributed by atoms with Crippen LogP contribution in [-0.4, -0.2) is 28.5 Å². The molecule has 0 fully saturated rings. The molecule has 0 aliphatic carbocycles. The Morgan fingerprint density at radius 3 is 2.38 bits per heavy atom. The Morgan fingerprint density at radius 2 is 1.72 bits per heavy atom. The van der Waals surface area contributed by atoms with Crippen molar-refractivity contribution in [2.75, 3.05) is 6.54 Å². The van der Waals surface area contributed by atoms with Gasteiger partial charge >= 0.3 is 0 Å². The maximum absolute atomic E-state index is 13.1. The third kappa shape index (κ3) is 3.72. The van der Waals surface area contributed by atoms with Crippen LogP contribution in [0, 0.1) is 0 Å². The predicted octanol–water partition coefficient (Wildman–Crippen LogP) is 4.59. The number of carbonyl (C=O) groups excluding carboxylic acids is 2. The molecular weight excluding hydrogens is 384 g/mol. The standard InChI is InChI=1S/C23H20N2O3S/c1-2-15-13-25(14-19-12-20(22(26)24-28)29-21(15)19)23(27)18-10-8-17(9-11-18)16-6-4-3-5-7-16/h2-12,28H,13-14H2,1H3,(H,24,26)/b15-2-.